The average molecular weight is 390 g/mol. The van der Waals surface area contributed by atoms with E-state index in [1.807, 2.05) is 85.0 Å². The molecule has 0 unspecified atom stereocenters. The first-order valence-corrected chi connectivity index (χ1v) is 9.63. The molecule has 0 spiro atoms. The third kappa shape index (κ3) is 3.56. The van der Waals surface area contributed by atoms with Crippen LogP contribution in [0.1, 0.15) is 22.4 Å². The van der Waals surface area contributed by atoms with Crippen LogP contribution in [0.5, 0.6) is 0 Å². The number of carbonyl (C=O) groups excluding carboxylic acids is 1. The molecular formula is C25H18N4O. The third-order valence-corrected chi connectivity index (χ3v) is 4.97. The van der Waals surface area contributed by atoms with Gasteiger partial charge in [0, 0.05) is 29.1 Å². The summed E-state index contributed by atoms with van der Waals surface area (Å²) in [5.41, 5.74) is 6.23. The van der Waals surface area contributed by atoms with E-state index in [1.54, 1.807) is 12.4 Å². The maximum Gasteiger partial charge on any atom is 0.255 e. The lowest BCUT2D eigenvalue weighted by molar-refractivity contribution is -0.115. The molecule has 1 aliphatic heterocycles. The number of nitrogens with one attached hydrogen (secondary N) is 2. The fraction of sp³-hybridized carbons (Fsp3) is 0. The van der Waals surface area contributed by atoms with Crippen molar-refractivity contribution < 1.29 is 4.79 Å². The predicted molar refractivity (Wildman–Crippen MR) is 120 cm³/mol. The van der Waals surface area contributed by atoms with Crippen molar-refractivity contribution in [1.82, 2.24) is 20.5 Å². The summed E-state index contributed by atoms with van der Waals surface area (Å²) < 4.78 is 0. The topological polar surface area (TPSA) is 70.7 Å². The molecule has 0 atom stereocenters. The molecule has 2 aromatic heterocycles. The maximum absolute atomic E-state index is 12.4. The number of aromatic amines is 1. The van der Waals surface area contributed by atoms with E-state index in [-0.39, 0.29) is 5.91 Å². The molecule has 2 aromatic carbocycles. The normalized spacial score (nSPS) is 15.1. The van der Waals surface area contributed by atoms with Gasteiger partial charge in [0.05, 0.1) is 11.2 Å². The van der Waals surface area contributed by atoms with E-state index in [0.29, 0.717) is 5.57 Å². The zero-order valence-corrected chi connectivity index (χ0v) is 16.0. The maximum atomic E-state index is 12.4. The van der Waals surface area contributed by atoms with Gasteiger partial charge < -0.3 is 5.32 Å². The summed E-state index contributed by atoms with van der Waals surface area (Å²) >= 11 is 0. The first kappa shape index (κ1) is 17.8. The third-order valence-electron chi connectivity index (χ3n) is 4.97. The van der Waals surface area contributed by atoms with Crippen molar-refractivity contribution in [2.24, 2.45) is 0 Å². The highest BCUT2D eigenvalue weighted by Gasteiger charge is 2.18. The number of hydrogen-bond donors (Lipinski definition) is 2. The molecule has 4 aromatic rings. The van der Waals surface area contributed by atoms with E-state index >= 15 is 0 Å². The van der Waals surface area contributed by atoms with Gasteiger partial charge in [-0.15, -0.1) is 0 Å². The van der Waals surface area contributed by atoms with Crippen LogP contribution >= 0.6 is 0 Å². The lowest BCUT2D eigenvalue weighted by Crippen LogP contribution is -2.15. The second-order valence-electron chi connectivity index (χ2n) is 7.01. The number of fused-ring (bicyclic) bond motifs is 1. The van der Waals surface area contributed by atoms with E-state index in [0.717, 1.165) is 39.0 Å². The number of carbonyl (C=O) groups is 1. The fourth-order valence-electron chi connectivity index (χ4n) is 3.44. The summed E-state index contributed by atoms with van der Waals surface area (Å²) in [6.45, 7) is 0. The zero-order valence-electron chi connectivity index (χ0n) is 16.0. The molecule has 0 saturated carbocycles. The Balaban J connectivity index is 1.43. The van der Waals surface area contributed by atoms with Gasteiger partial charge >= 0.3 is 0 Å². The Hall–Kier alpha value is -4.25. The van der Waals surface area contributed by atoms with E-state index in [4.69, 9.17) is 0 Å². The standard InChI is InChI=1S/C25H18N4O/c30-25-20(16-23(27-25)19-4-2-1-3-5-19)14-18-6-8-21-22(28-29-24(21)15-18)9-7-17-10-12-26-13-11-17/h1-16H,(H,27,30)(H,28,29)/b9-7+,20-14?. The molecule has 2 N–H and O–H groups in total. The molecule has 3 heterocycles. The number of amides is 1. The molecular weight excluding hydrogens is 372 g/mol. The average Bonchev–Trinajstić information content (AvgIpc) is 3.36. The number of nitrogens with zero attached hydrogens (tertiary/aromatic N) is 2. The molecule has 1 aliphatic rings. The molecule has 144 valence electrons. The molecule has 30 heavy (non-hydrogen) atoms. The van der Waals surface area contributed by atoms with Crippen LogP contribution in [0, 0.1) is 0 Å². The van der Waals surface area contributed by atoms with E-state index < -0.39 is 0 Å². The van der Waals surface area contributed by atoms with Gasteiger partial charge in [0.15, 0.2) is 0 Å². The highest BCUT2D eigenvalue weighted by atomic mass is 16.1. The van der Waals surface area contributed by atoms with Gasteiger partial charge in [-0.25, -0.2) is 0 Å². The summed E-state index contributed by atoms with van der Waals surface area (Å²) in [4.78, 5) is 16.4. The summed E-state index contributed by atoms with van der Waals surface area (Å²) in [5.74, 6) is -0.0977. The number of pyridine rings is 1. The number of aromatic nitrogens is 3. The van der Waals surface area contributed by atoms with Crippen LogP contribution in [0.2, 0.25) is 0 Å². The minimum atomic E-state index is -0.0977. The van der Waals surface area contributed by atoms with Gasteiger partial charge in [0.1, 0.15) is 0 Å². The van der Waals surface area contributed by atoms with Crippen molar-refractivity contribution in [2.75, 3.05) is 0 Å². The van der Waals surface area contributed by atoms with E-state index in [2.05, 4.69) is 20.5 Å². The van der Waals surface area contributed by atoms with Gasteiger partial charge in [-0.1, -0.05) is 42.5 Å². The van der Waals surface area contributed by atoms with Crippen molar-refractivity contribution >= 4 is 40.7 Å². The molecule has 0 aliphatic carbocycles. The highest BCUT2D eigenvalue weighted by molar-refractivity contribution is 6.11. The Bertz CT molecular complexity index is 1320. The molecule has 5 heteroatoms. The number of H-pyrrole nitrogens is 1. The largest absolute Gasteiger partial charge is 0.321 e. The molecule has 5 nitrogen and oxygen atoms in total. The molecule has 0 fully saturated rings. The van der Waals surface area contributed by atoms with Gasteiger partial charge in [0.2, 0.25) is 0 Å². The molecule has 0 bridgehead atoms. The number of benzene rings is 2. The second kappa shape index (κ2) is 7.64. The molecule has 0 radical (unpaired) electrons. The van der Waals surface area contributed by atoms with Gasteiger partial charge in [-0.3, -0.25) is 14.9 Å². The highest BCUT2D eigenvalue weighted by Crippen LogP contribution is 2.24. The van der Waals surface area contributed by atoms with Crippen LogP contribution < -0.4 is 5.32 Å². The summed E-state index contributed by atoms with van der Waals surface area (Å²) in [6.07, 6.45) is 11.3. The van der Waals surface area contributed by atoms with E-state index in [9.17, 15) is 4.79 Å². The lowest BCUT2D eigenvalue weighted by Gasteiger charge is -2.01. The number of hydrogen-bond acceptors (Lipinski definition) is 3. The van der Waals surface area contributed by atoms with Gasteiger partial charge in [-0.05, 0) is 59.2 Å². The van der Waals surface area contributed by atoms with Crippen LogP contribution in [-0.2, 0) is 4.79 Å². The van der Waals surface area contributed by atoms with Crippen molar-refractivity contribution in [3.8, 4) is 0 Å². The van der Waals surface area contributed by atoms with Gasteiger partial charge in [-0.2, -0.15) is 5.10 Å². The molecule has 5 rings (SSSR count). The van der Waals surface area contributed by atoms with Crippen LogP contribution in [0.15, 0.2) is 84.7 Å². The fourth-order valence-corrected chi connectivity index (χ4v) is 3.44. The number of rotatable bonds is 4. The van der Waals surface area contributed by atoms with Gasteiger partial charge in [0.25, 0.3) is 5.91 Å². The molecule has 1 amide bonds. The first-order valence-electron chi connectivity index (χ1n) is 9.63. The quantitative estimate of drug-likeness (QED) is 0.497. The van der Waals surface area contributed by atoms with Crippen molar-refractivity contribution in [1.29, 1.82) is 0 Å². The van der Waals surface area contributed by atoms with E-state index in [1.165, 1.54) is 0 Å². The SMILES string of the molecule is O=C1NC(c2ccccc2)=CC1=Cc1ccc2c(/C=C/c3ccncc3)n[nH]c2c1. The summed E-state index contributed by atoms with van der Waals surface area (Å²) in [6, 6.07) is 19.7. The minimum Gasteiger partial charge on any atom is -0.321 e. The van der Waals surface area contributed by atoms with Crippen LogP contribution in [-0.4, -0.2) is 21.1 Å². The Kier molecular flexibility index (Phi) is 4.54. The van der Waals surface area contributed by atoms with Crippen LogP contribution in [0.3, 0.4) is 0 Å². The Morgan fingerprint density at radius 2 is 1.70 bits per heavy atom. The minimum absolute atomic E-state index is 0.0977. The smallest absolute Gasteiger partial charge is 0.255 e. The molecule has 0 saturated heterocycles. The zero-order chi connectivity index (χ0) is 20.3. The monoisotopic (exact) mass is 390 g/mol. The first-order chi connectivity index (χ1) is 14.8. The summed E-state index contributed by atoms with van der Waals surface area (Å²) in [5, 5.41) is 11.4. The Labute approximate surface area is 173 Å². The van der Waals surface area contributed by atoms with Crippen molar-refractivity contribution in [3.05, 3.63) is 107 Å². The van der Waals surface area contributed by atoms with Crippen LogP contribution in [0.4, 0.5) is 0 Å². The Morgan fingerprint density at radius 1 is 0.867 bits per heavy atom. The van der Waals surface area contributed by atoms with Crippen LogP contribution in [0.25, 0.3) is 34.8 Å². The van der Waals surface area contributed by atoms with Crippen molar-refractivity contribution in [3.63, 3.8) is 0 Å². The Morgan fingerprint density at radius 3 is 2.53 bits per heavy atom. The predicted octanol–water partition coefficient (Wildman–Crippen LogP) is 4.68. The van der Waals surface area contributed by atoms with Crippen molar-refractivity contribution in [2.45, 2.75) is 0 Å². The second-order valence-corrected chi connectivity index (χ2v) is 7.01. The lowest BCUT2D eigenvalue weighted by atomic mass is 10.1. The summed E-state index contributed by atoms with van der Waals surface area (Å²) in [7, 11) is 0.